The van der Waals surface area contributed by atoms with Crippen LogP contribution in [-0.2, 0) is 0 Å². The molecule has 0 bridgehead atoms. The number of nitriles is 1. The molecular weight excluding hydrogens is 368 g/mol. The molecule has 0 aromatic heterocycles. The van der Waals surface area contributed by atoms with Gasteiger partial charge in [0, 0.05) is 11.3 Å². The normalized spacial score (nSPS) is 14.1. The first-order chi connectivity index (χ1) is 14.6. The van der Waals surface area contributed by atoms with Gasteiger partial charge >= 0.3 is 0 Å². The molecule has 0 radical (unpaired) electrons. The number of hydrogen-bond acceptors (Lipinski definition) is 2. The minimum atomic E-state index is -0.115. The molecule has 1 amide bonds. The van der Waals surface area contributed by atoms with Gasteiger partial charge in [-0.05, 0) is 84.3 Å². The molecule has 3 nitrogen and oxygen atoms in total. The first-order valence-corrected chi connectivity index (χ1v) is 10.7. The van der Waals surface area contributed by atoms with Crippen LogP contribution in [0.3, 0.4) is 0 Å². The van der Waals surface area contributed by atoms with Gasteiger partial charge in [-0.2, -0.15) is 5.26 Å². The van der Waals surface area contributed by atoms with Crippen molar-refractivity contribution in [1.29, 1.82) is 5.26 Å². The molecule has 0 unspecified atom stereocenters. The van der Waals surface area contributed by atoms with Crippen molar-refractivity contribution in [2.24, 2.45) is 0 Å². The van der Waals surface area contributed by atoms with Crippen molar-refractivity contribution in [3.8, 4) is 17.2 Å². The number of aryl methyl sites for hydroxylation is 1. The number of hydrogen-bond donors (Lipinski definition) is 1. The van der Waals surface area contributed by atoms with E-state index in [1.54, 1.807) is 12.1 Å². The molecule has 150 valence electrons. The van der Waals surface area contributed by atoms with Crippen LogP contribution in [-0.4, -0.2) is 5.91 Å². The van der Waals surface area contributed by atoms with Crippen LogP contribution in [0.25, 0.3) is 11.1 Å². The Hall–Kier alpha value is -3.38. The number of benzene rings is 3. The van der Waals surface area contributed by atoms with Crippen LogP contribution in [0.2, 0.25) is 0 Å². The second-order valence-corrected chi connectivity index (χ2v) is 8.13. The van der Waals surface area contributed by atoms with E-state index in [-0.39, 0.29) is 5.91 Å². The molecular formula is C27H26N2O. The van der Waals surface area contributed by atoms with Gasteiger partial charge in [-0.1, -0.05) is 49.6 Å². The second kappa shape index (κ2) is 8.97. The Balaban J connectivity index is 1.50. The number of amides is 1. The Kier molecular flexibility index (Phi) is 5.95. The van der Waals surface area contributed by atoms with Crippen LogP contribution in [0.15, 0.2) is 66.7 Å². The van der Waals surface area contributed by atoms with Crippen molar-refractivity contribution in [2.45, 2.75) is 44.9 Å². The second-order valence-electron chi connectivity index (χ2n) is 8.13. The average Bonchev–Trinajstić information content (AvgIpc) is 2.80. The van der Waals surface area contributed by atoms with Gasteiger partial charge in [-0.25, -0.2) is 0 Å². The Morgan fingerprint density at radius 1 is 0.933 bits per heavy atom. The Labute approximate surface area is 178 Å². The van der Waals surface area contributed by atoms with Gasteiger partial charge in [0.15, 0.2) is 0 Å². The Bertz CT molecular complexity index is 1070. The first kappa shape index (κ1) is 19.9. The monoisotopic (exact) mass is 394 g/mol. The lowest BCUT2D eigenvalue weighted by Gasteiger charge is -2.22. The SMILES string of the molecule is Cc1ccc(C(=O)Nc2ccc(C3CCCCC3)cc2)cc1-c1ccc(C#N)cc1. The van der Waals surface area contributed by atoms with Crippen molar-refractivity contribution in [3.63, 3.8) is 0 Å². The van der Waals surface area contributed by atoms with Crippen LogP contribution >= 0.6 is 0 Å². The predicted molar refractivity (Wildman–Crippen MR) is 122 cm³/mol. The average molecular weight is 395 g/mol. The highest BCUT2D eigenvalue weighted by Crippen LogP contribution is 2.33. The minimum absolute atomic E-state index is 0.115. The molecule has 1 N–H and O–H groups in total. The number of carbonyl (C=O) groups is 1. The molecule has 3 aromatic rings. The minimum Gasteiger partial charge on any atom is -0.322 e. The fourth-order valence-electron chi connectivity index (χ4n) is 4.28. The highest BCUT2D eigenvalue weighted by atomic mass is 16.1. The molecule has 1 fully saturated rings. The van der Waals surface area contributed by atoms with Gasteiger partial charge in [-0.3, -0.25) is 4.79 Å². The van der Waals surface area contributed by atoms with Crippen molar-refractivity contribution in [1.82, 2.24) is 0 Å². The summed E-state index contributed by atoms with van der Waals surface area (Å²) in [7, 11) is 0. The van der Waals surface area contributed by atoms with Gasteiger partial charge in [0.1, 0.15) is 0 Å². The van der Waals surface area contributed by atoms with E-state index < -0.39 is 0 Å². The maximum absolute atomic E-state index is 12.8. The van der Waals surface area contributed by atoms with E-state index in [0.717, 1.165) is 22.4 Å². The highest BCUT2D eigenvalue weighted by molar-refractivity contribution is 6.05. The third kappa shape index (κ3) is 4.44. The van der Waals surface area contributed by atoms with Gasteiger partial charge < -0.3 is 5.32 Å². The molecule has 3 heteroatoms. The van der Waals surface area contributed by atoms with Gasteiger partial charge in [0.25, 0.3) is 5.91 Å². The molecule has 0 saturated heterocycles. The molecule has 4 rings (SSSR count). The lowest BCUT2D eigenvalue weighted by molar-refractivity contribution is 0.102. The number of nitrogens with zero attached hydrogens (tertiary/aromatic N) is 1. The summed E-state index contributed by atoms with van der Waals surface area (Å²) in [6, 6.07) is 23.7. The van der Waals surface area contributed by atoms with E-state index in [1.807, 2.05) is 49.4 Å². The fourth-order valence-corrected chi connectivity index (χ4v) is 4.28. The van der Waals surface area contributed by atoms with E-state index in [4.69, 9.17) is 5.26 Å². The summed E-state index contributed by atoms with van der Waals surface area (Å²) in [4.78, 5) is 12.8. The van der Waals surface area contributed by atoms with Crippen molar-refractivity contribution >= 4 is 11.6 Å². The van der Waals surface area contributed by atoms with E-state index in [1.165, 1.54) is 37.7 Å². The summed E-state index contributed by atoms with van der Waals surface area (Å²) in [6.45, 7) is 2.03. The van der Waals surface area contributed by atoms with Crippen LogP contribution in [0.1, 0.15) is 65.1 Å². The molecule has 1 aliphatic rings. The zero-order valence-electron chi connectivity index (χ0n) is 17.3. The van der Waals surface area contributed by atoms with Crippen LogP contribution in [0.5, 0.6) is 0 Å². The van der Waals surface area contributed by atoms with Crippen molar-refractivity contribution in [3.05, 3.63) is 89.0 Å². The van der Waals surface area contributed by atoms with Crippen LogP contribution in [0.4, 0.5) is 5.69 Å². The van der Waals surface area contributed by atoms with Crippen LogP contribution < -0.4 is 5.32 Å². The third-order valence-corrected chi connectivity index (χ3v) is 6.07. The maximum Gasteiger partial charge on any atom is 0.255 e. The molecule has 1 saturated carbocycles. The number of rotatable bonds is 4. The lowest BCUT2D eigenvalue weighted by Crippen LogP contribution is -2.12. The largest absolute Gasteiger partial charge is 0.322 e. The lowest BCUT2D eigenvalue weighted by atomic mass is 9.84. The van der Waals surface area contributed by atoms with Gasteiger partial charge in [0.2, 0.25) is 0 Å². The van der Waals surface area contributed by atoms with E-state index in [9.17, 15) is 4.79 Å². The molecule has 0 spiro atoms. The zero-order chi connectivity index (χ0) is 20.9. The third-order valence-electron chi connectivity index (χ3n) is 6.07. The summed E-state index contributed by atoms with van der Waals surface area (Å²) in [5.41, 5.74) is 6.54. The first-order valence-electron chi connectivity index (χ1n) is 10.7. The summed E-state index contributed by atoms with van der Waals surface area (Å²) in [5, 5.41) is 12.0. The van der Waals surface area contributed by atoms with Crippen molar-refractivity contribution < 1.29 is 4.79 Å². The highest BCUT2D eigenvalue weighted by Gasteiger charge is 2.15. The van der Waals surface area contributed by atoms with Crippen molar-refractivity contribution in [2.75, 3.05) is 5.32 Å². The van der Waals surface area contributed by atoms with Gasteiger partial charge in [0.05, 0.1) is 11.6 Å². The topological polar surface area (TPSA) is 52.9 Å². The van der Waals surface area contributed by atoms with E-state index >= 15 is 0 Å². The zero-order valence-corrected chi connectivity index (χ0v) is 17.3. The van der Waals surface area contributed by atoms with E-state index in [0.29, 0.717) is 17.0 Å². The molecule has 30 heavy (non-hydrogen) atoms. The smallest absolute Gasteiger partial charge is 0.255 e. The maximum atomic E-state index is 12.8. The molecule has 0 heterocycles. The Morgan fingerprint density at radius 2 is 1.63 bits per heavy atom. The summed E-state index contributed by atoms with van der Waals surface area (Å²) in [6.07, 6.45) is 6.53. The summed E-state index contributed by atoms with van der Waals surface area (Å²) in [5.74, 6) is 0.547. The van der Waals surface area contributed by atoms with E-state index in [2.05, 4.69) is 23.5 Å². The number of carbonyl (C=O) groups excluding carboxylic acids is 1. The number of anilines is 1. The molecule has 1 aliphatic carbocycles. The van der Waals surface area contributed by atoms with Crippen LogP contribution in [0, 0.1) is 18.3 Å². The summed E-state index contributed by atoms with van der Waals surface area (Å²) < 4.78 is 0. The number of nitrogens with one attached hydrogen (secondary N) is 1. The molecule has 0 aliphatic heterocycles. The summed E-state index contributed by atoms with van der Waals surface area (Å²) >= 11 is 0. The predicted octanol–water partition coefficient (Wildman–Crippen LogP) is 6.83. The standard InChI is InChI=1S/C27H26N2O/c1-19-7-10-24(17-26(19)23-11-8-20(18-28)9-12-23)27(30)29-25-15-13-22(14-16-25)21-5-3-2-4-6-21/h7-17,21H,2-6H2,1H3,(H,29,30). The van der Waals surface area contributed by atoms with Gasteiger partial charge in [-0.15, -0.1) is 0 Å². The molecule has 0 atom stereocenters. The Morgan fingerprint density at radius 3 is 2.30 bits per heavy atom. The fraction of sp³-hybridized carbons (Fsp3) is 0.259. The molecule has 3 aromatic carbocycles. The quantitative estimate of drug-likeness (QED) is 0.527.